The summed E-state index contributed by atoms with van der Waals surface area (Å²) in [7, 11) is 1.65. The van der Waals surface area contributed by atoms with Crippen LogP contribution in [0.3, 0.4) is 0 Å². The highest BCUT2D eigenvalue weighted by Gasteiger charge is 2.39. The van der Waals surface area contributed by atoms with Gasteiger partial charge in [-0.25, -0.2) is 0 Å². The number of anilines is 1. The molecule has 2 aromatic rings. The van der Waals surface area contributed by atoms with Crippen LogP contribution in [0.15, 0.2) is 48.5 Å². The predicted molar refractivity (Wildman–Crippen MR) is 104 cm³/mol. The second-order valence-corrected chi connectivity index (χ2v) is 7.03. The number of nitrogens with one attached hydrogen (secondary N) is 2. The molecule has 0 radical (unpaired) electrons. The lowest BCUT2D eigenvalue weighted by atomic mass is 10.1. The number of carbonyl (C=O) groups is 2. The van der Waals surface area contributed by atoms with E-state index in [2.05, 4.69) is 5.32 Å². The van der Waals surface area contributed by atoms with E-state index in [-0.39, 0.29) is 11.9 Å². The maximum Gasteiger partial charge on any atom is 0.282 e. The molecule has 0 aliphatic heterocycles. The van der Waals surface area contributed by atoms with Crippen molar-refractivity contribution in [3.63, 3.8) is 0 Å². The molecule has 0 heterocycles. The van der Waals surface area contributed by atoms with Crippen molar-refractivity contribution in [1.82, 2.24) is 0 Å². The number of methoxy groups -OCH3 is 1. The quantitative estimate of drug-likeness (QED) is 0.658. The molecule has 1 aliphatic rings. The number of hydrogen-bond donors (Lipinski definition) is 3. The van der Waals surface area contributed by atoms with Crippen molar-refractivity contribution in [1.29, 1.82) is 0 Å². The molecule has 0 aromatic heterocycles. The van der Waals surface area contributed by atoms with Gasteiger partial charge in [0.1, 0.15) is 12.3 Å². The van der Waals surface area contributed by atoms with E-state index in [0.29, 0.717) is 17.3 Å². The fourth-order valence-corrected chi connectivity index (χ4v) is 3.22. The van der Waals surface area contributed by atoms with Gasteiger partial charge in [0, 0.05) is 29.7 Å². The van der Waals surface area contributed by atoms with Gasteiger partial charge in [0.15, 0.2) is 6.04 Å². The van der Waals surface area contributed by atoms with E-state index in [1.165, 1.54) is 10.5 Å². The normalized spacial score (nSPS) is 15.6. The van der Waals surface area contributed by atoms with Crippen molar-refractivity contribution >= 4 is 17.5 Å². The summed E-state index contributed by atoms with van der Waals surface area (Å²) in [6.45, 7) is 2.76. The average molecular weight is 368 g/mol. The van der Waals surface area contributed by atoms with Gasteiger partial charge in [0.05, 0.1) is 13.2 Å². The van der Waals surface area contributed by atoms with Crippen LogP contribution in [0.5, 0.6) is 5.75 Å². The molecular weight excluding hydrogens is 342 g/mol. The average Bonchev–Trinajstić information content (AvgIpc) is 3.51. The standard InChI is InChI=1S/C21H25N3O3/c1-14(21(26)23-17-7-5-16(6-8-17)20(22)25)24(18-9-10-18)13-15-3-11-19(27-2)12-4-15/h3-8,11-12,14,18H,9-10,13H2,1-2H3,(H2,22,25)(H,23,26)/p+1/t14-/m0/s1. The second-order valence-electron chi connectivity index (χ2n) is 7.03. The predicted octanol–water partition coefficient (Wildman–Crippen LogP) is 1.37. The zero-order valence-electron chi connectivity index (χ0n) is 15.7. The Kier molecular flexibility index (Phi) is 5.76. The number of rotatable bonds is 8. The molecular formula is C21H26N3O3+. The molecule has 1 aliphatic carbocycles. The molecule has 6 heteroatoms. The molecule has 1 unspecified atom stereocenters. The monoisotopic (exact) mass is 368 g/mol. The topological polar surface area (TPSA) is 85.9 Å². The maximum absolute atomic E-state index is 12.8. The Labute approximate surface area is 159 Å². The van der Waals surface area contributed by atoms with Gasteiger partial charge in [-0.3, -0.25) is 9.59 Å². The van der Waals surface area contributed by atoms with Crippen molar-refractivity contribution in [2.45, 2.75) is 38.4 Å². The second kappa shape index (κ2) is 8.22. The number of nitrogens with two attached hydrogens (primary N) is 1. The van der Waals surface area contributed by atoms with E-state index < -0.39 is 5.91 Å². The van der Waals surface area contributed by atoms with Crippen molar-refractivity contribution < 1.29 is 19.2 Å². The van der Waals surface area contributed by atoms with E-state index in [1.807, 2.05) is 31.2 Å². The van der Waals surface area contributed by atoms with Crippen molar-refractivity contribution in [2.24, 2.45) is 5.73 Å². The van der Waals surface area contributed by atoms with Crippen LogP contribution in [0.1, 0.15) is 35.7 Å². The third-order valence-corrected chi connectivity index (χ3v) is 5.06. The molecule has 2 aromatic carbocycles. The Bertz CT molecular complexity index is 798. The molecule has 0 saturated heterocycles. The van der Waals surface area contributed by atoms with Gasteiger partial charge < -0.3 is 20.7 Å². The molecule has 2 amide bonds. The van der Waals surface area contributed by atoms with E-state index in [4.69, 9.17) is 10.5 Å². The van der Waals surface area contributed by atoms with Gasteiger partial charge in [0.2, 0.25) is 5.91 Å². The SMILES string of the molecule is COc1ccc(C[NH+](C2CC2)[C@@H](C)C(=O)Nc2ccc(C(N)=O)cc2)cc1. The minimum Gasteiger partial charge on any atom is -0.497 e. The molecule has 0 bridgehead atoms. The van der Waals surface area contributed by atoms with Crippen LogP contribution in [-0.4, -0.2) is 31.0 Å². The lowest BCUT2D eigenvalue weighted by molar-refractivity contribution is -0.938. The first-order chi connectivity index (χ1) is 13.0. The van der Waals surface area contributed by atoms with Crippen LogP contribution in [-0.2, 0) is 11.3 Å². The summed E-state index contributed by atoms with van der Waals surface area (Å²) in [5, 5.41) is 2.94. The Morgan fingerprint density at radius 1 is 1.15 bits per heavy atom. The summed E-state index contributed by atoms with van der Waals surface area (Å²) >= 11 is 0. The zero-order chi connectivity index (χ0) is 19.4. The minimum atomic E-state index is -0.481. The van der Waals surface area contributed by atoms with Gasteiger partial charge in [-0.1, -0.05) is 0 Å². The summed E-state index contributed by atoms with van der Waals surface area (Å²) in [5.41, 5.74) is 7.52. The summed E-state index contributed by atoms with van der Waals surface area (Å²) in [6.07, 6.45) is 2.30. The molecule has 6 nitrogen and oxygen atoms in total. The highest BCUT2D eigenvalue weighted by atomic mass is 16.5. The third kappa shape index (κ3) is 4.86. The van der Waals surface area contributed by atoms with Crippen LogP contribution in [0.25, 0.3) is 0 Å². The number of benzene rings is 2. The molecule has 1 fully saturated rings. The molecule has 1 saturated carbocycles. The summed E-state index contributed by atoms with van der Waals surface area (Å²) in [6, 6.07) is 15.0. The Hall–Kier alpha value is -2.86. The smallest absolute Gasteiger partial charge is 0.282 e. The number of primary amides is 1. The van der Waals surface area contributed by atoms with Crippen LogP contribution in [0.2, 0.25) is 0 Å². The summed E-state index contributed by atoms with van der Waals surface area (Å²) in [4.78, 5) is 25.2. The highest BCUT2D eigenvalue weighted by molar-refractivity contribution is 5.95. The van der Waals surface area contributed by atoms with E-state index in [0.717, 1.165) is 25.1 Å². The molecule has 4 N–H and O–H groups in total. The van der Waals surface area contributed by atoms with E-state index in [1.54, 1.807) is 31.4 Å². The maximum atomic E-state index is 12.8. The largest absolute Gasteiger partial charge is 0.497 e. The van der Waals surface area contributed by atoms with Gasteiger partial charge in [0.25, 0.3) is 5.91 Å². The number of carbonyl (C=O) groups excluding carboxylic acids is 2. The van der Waals surface area contributed by atoms with Crippen LogP contribution in [0, 0.1) is 0 Å². The van der Waals surface area contributed by atoms with Crippen molar-refractivity contribution in [3.05, 3.63) is 59.7 Å². The number of quaternary nitrogens is 1. The van der Waals surface area contributed by atoms with Crippen LogP contribution < -0.4 is 20.7 Å². The van der Waals surface area contributed by atoms with Gasteiger partial charge in [-0.15, -0.1) is 0 Å². The first-order valence-corrected chi connectivity index (χ1v) is 9.17. The third-order valence-electron chi connectivity index (χ3n) is 5.06. The highest BCUT2D eigenvalue weighted by Crippen LogP contribution is 2.18. The zero-order valence-corrected chi connectivity index (χ0v) is 15.7. The molecule has 27 heavy (non-hydrogen) atoms. The van der Waals surface area contributed by atoms with Crippen molar-refractivity contribution in [2.75, 3.05) is 12.4 Å². The van der Waals surface area contributed by atoms with E-state index >= 15 is 0 Å². The Morgan fingerprint density at radius 3 is 2.30 bits per heavy atom. The Balaban J connectivity index is 1.65. The molecule has 142 valence electrons. The molecule has 0 spiro atoms. The van der Waals surface area contributed by atoms with Gasteiger partial charge >= 0.3 is 0 Å². The lowest BCUT2D eigenvalue weighted by Crippen LogP contribution is -3.16. The number of amides is 2. The summed E-state index contributed by atoms with van der Waals surface area (Å²) in [5.74, 6) is 0.319. The first-order valence-electron chi connectivity index (χ1n) is 9.17. The van der Waals surface area contributed by atoms with Gasteiger partial charge in [-0.05, 0) is 55.5 Å². The fraction of sp³-hybridized carbons (Fsp3) is 0.333. The van der Waals surface area contributed by atoms with Gasteiger partial charge in [-0.2, -0.15) is 0 Å². The van der Waals surface area contributed by atoms with E-state index in [9.17, 15) is 9.59 Å². The number of hydrogen-bond acceptors (Lipinski definition) is 3. The summed E-state index contributed by atoms with van der Waals surface area (Å²) < 4.78 is 5.21. The lowest BCUT2D eigenvalue weighted by Gasteiger charge is -2.25. The number of ether oxygens (including phenoxy) is 1. The molecule has 2 atom stereocenters. The molecule has 3 rings (SSSR count). The first kappa shape index (κ1) is 18.9. The van der Waals surface area contributed by atoms with Crippen LogP contribution in [0.4, 0.5) is 5.69 Å². The van der Waals surface area contributed by atoms with Crippen LogP contribution >= 0.6 is 0 Å². The Morgan fingerprint density at radius 2 is 1.78 bits per heavy atom. The minimum absolute atomic E-state index is 0.0303. The fourth-order valence-electron chi connectivity index (χ4n) is 3.22. The van der Waals surface area contributed by atoms with Crippen molar-refractivity contribution in [3.8, 4) is 5.75 Å².